The highest BCUT2D eigenvalue weighted by atomic mass is 16.6. The summed E-state index contributed by atoms with van der Waals surface area (Å²) in [6.45, 7) is 11.8. The Kier molecular flexibility index (Phi) is 9.41. The Hall–Kier alpha value is -3.18. The molecule has 1 N–H and O–H groups in total. The first-order valence-corrected chi connectivity index (χ1v) is 11.0. The zero-order chi connectivity index (χ0) is 23.7. The second-order valence-electron chi connectivity index (χ2n) is 7.88. The van der Waals surface area contributed by atoms with E-state index in [2.05, 4.69) is 32.0 Å². The van der Waals surface area contributed by atoms with Crippen LogP contribution in [0.4, 0.5) is 5.69 Å². The third-order valence-corrected chi connectivity index (χ3v) is 5.42. The van der Waals surface area contributed by atoms with Crippen molar-refractivity contribution in [3.63, 3.8) is 0 Å². The van der Waals surface area contributed by atoms with Crippen molar-refractivity contribution in [2.24, 2.45) is 0 Å². The smallest absolute Gasteiger partial charge is 0.269 e. The maximum absolute atomic E-state index is 10.9. The lowest BCUT2D eigenvalue weighted by Crippen LogP contribution is -2.00. The highest BCUT2D eigenvalue weighted by molar-refractivity contribution is 5.72. The van der Waals surface area contributed by atoms with Crippen molar-refractivity contribution in [1.29, 1.82) is 0 Å². The zero-order valence-electron chi connectivity index (χ0n) is 19.6. The first-order chi connectivity index (χ1) is 15.3. The Labute approximate surface area is 190 Å². The molecule has 32 heavy (non-hydrogen) atoms. The lowest BCUT2D eigenvalue weighted by Gasteiger charge is -2.16. The van der Waals surface area contributed by atoms with Crippen LogP contribution in [-0.4, -0.2) is 23.2 Å². The van der Waals surface area contributed by atoms with Crippen LogP contribution in [0.2, 0.25) is 0 Å². The molecule has 0 aromatic heterocycles. The number of ether oxygens (including phenoxy) is 1. The Balaban J connectivity index is 0.000000654. The summed E-state index contributed by atoms with van der Waals surface area (Å²) in [4.78, 5) is 10.6. The number of nitro groups is 1. The lowest BCUT2D eigenvalue weighted by atomic mass is 9.89. The van der Waals surface area contributed by atoms with Gasteiger partial charge in [0.15, 0.2) is 0 Å². The first kappa shape index (κ1) is 25.1. The van der Waals surface area contributed by atoms with Gasteiger partial charge in [-0.05, 0) is 91.6 Å². The molecule has 3 rings (SSSR count). The van der Waals surface area contributed by atoms with Crippen LogP contribution in [-0.2, 0) is 11.2 Å². The van der Waals surface area contributed by atoms with E-state index in [4.69, 9.17) is 4.74 Å². The number of aryl methyl sites for hydroxylation is 2. The Morgan fingerprint density at radius 2 is 1.47 bits per heavy atom. The summed E-state index contributed by atoms with van der Waals surface area (Å²) >= 11 is 0. The molecule has 170 valence electrons. The van der Waals surface area contributed by atoms with Crippen molar-refractivity contribution in [1.82, 2.24) is 0 Å². The minimum absolute atomic E-state index is 0.119. The summed E-state index contributed by atoms with van der Waals surface area (Å²) < 4.78 is 4.83. The van der Waals surface area contributed by atoms with E-state index in [0.717, 1.165) is 41.9 Å². The van der Waals surface area contributed by atoms with E-state index in [1.165, 1.54) is 11.1 Å². The van der Waals surface area contributed by atoms with Gasteiger partial charge in [0.2, 0.25) is 0 Å². The molecule has 3 aromatic rings. The van der Waals surface area contributed by atoms with Gasteiger partial charge < -0.3 is 9.84 Å². The number of hydrogen-bond acceptors (Lipinski definition) is 4. The Bertz CT molecular complexity index is 1030. The van der Waals surface area contributed by atoms with Crippen LogP contribution in [0.15, 0.2) is 60.7 Å². The van der Waals surface area contributed by atoms with E-state index >= 15 is 0 Å². The van der Waals surface area contributed by atoms with Crippen LogP contribution >= 0.6 is 0 Å². The van der Waals surface area contributed by atoms with Crippen LogP contribution in [0, 0.1) is 24.0 Å². The topological polar surface area (TPSA) is 72.6 Å². The zero-order valence-corrected chi connectivity index (χ0v) is 19.6. The second-order valence-corrected chi connectivity index (χ2v) is 7.88. The maximum Gasteiger partial charge on any atom is 0.269 e. The van der Waals surface area contributed by atoms with E-state index < -0.39 is 0 Å². The van der Waals surface area contributed by atoms with Gasteiger partial charge in [-0.25, -0.2) is 0 Å². The molecule has 5 nitrogen and oxygen atoms in total. The number of aromatic hydroxyl groups is 1. The van der Waals surface area contributed by atoms with Crippen molar-refractivity contribution in [3.05, 3.63) is 93.0 Å². The van der Waals surface area contributed by atoms with E-state index in [0.29, 0.717) is 5.92 Å². The molecule has 0 fully saturated rings. The molecule has 0 amide bonds. The largest absolute Gasteiger partial charge is 0.508 e. The fourth-order valence-corrected chi connectivity index (χ4v) is 3.67. The van der Waals surface area contributed by atoms with Crippen LogP contribution in [0.1, 0.15) is 48.9 Å². The fraction of sp³-hybridized carbons (Fsp3) is 0.333. The van der Waals surface area contributed by atoms with Crippen LogP contribution in [0.5, 0.6) is 5.75 Å². The lowest BCUT2D eigenvalue weighted by molar-refractivity contribution is -0.384. The number of phenolic OH excluding ortho intramolecular Hbond substituents is 1. The van der Waals surface area contributed by atoms with E-state index in [-0.39, 0.29) is 16.4 Å². The fourth-order valence-electron chi connectivity index (χ4n) is 3.67. The number of hydrogen-bond donors (Lipinski definition) is 1. The Morgan fingerprint density at radius 1 is 0.906 bits per heavy atom. The molecule has 0 aliphatic carbocycles. The molecular formula is C27H33NO4. The minimum atomic E-state index is -0.363. The van der Waals surface area contributed by atoms with Crippen molar-refractivity contribution in [2.75, 3.05) is 13.2 Å². The number of phenols is 1. The molecule has 1 atom stereocenters. The predicted molar refractivity (Wildman–Crippen MR) is 130 cm³/mol. The van der Waals surface area contributed by atoms with Crippen molar-refractivity contribution >= 4 is 5.69 Å². The molecular weight excluding hydrogens is 402 g/mol. The normalized spacial score (nSPS) is 11.4. The summed E-state index contributed by atoms with van der Waals surface area (Å²) in [7, 11) is 0. The van der Waals surface area contributed by atoms with Gasteiger partial charge in [0.1, 0.15) is 5.75 Å². The standard InChI is InChI=1S/C23H23NO3.C4H10O/c1-15(12-18-4-8-21(25)9-5-18)19-6-10-22(16(2)13-19)23-11-7-20(24(26)27)14-17(23)3;1-3-5-4-2/h4-11,13-15,25H,12H2,1-3H3;3-4H2,1-2H3. The molecule has 0 aliphatic heterocycles. The second kappa shape index (κ2) is 12.0. The number of nitrogens with zero attached hydrogens (tertiary/aromatic N) is 1. The summed E-state index contributed by atoms with van der Waals surface area (Å²) in [6.07, 6.45) is 0.898. The molecule has 5 heteroatoms. The quantitative estimate of drug-likeness (QED) is 0.321. The van der Waals surface area contributed by atoms with Gasteiger partial charge in [-0.3, -0.25) is 10.1 Å². The van der Waals surface area contributed by atoms with Crippen molar-refractivity contribution < 1.29 is 14.8 Å². The highest BCUT2D eigenvalue weighted by Gasteiger charge is 2.13. The summed E-state index contributed by atoms with van der Waals surface area (Å²) in [5.74, 6) is 0.630. The molecule has 1 unspecified atom stereocenters. The monoisotopic (exact) mass is 435 g/mol. The van der Waals surface area contributed by atoms with Crippen molar-refractivity contribution in [3.8, 4) is 16.9 Å². The van der Waals surface area contributed by atoms with Gasteiger partial charge in [0.05, 0.1) is 4.92 Å². The number of nitro benzene ring substituents is 1. The summed E-state index contributed by atoms with van der Waals surface area (Å²) in [6, 6.07) is 18.8. The summed E-state index contributed by atoms with van der Waals surface area (Å²) in [5.41, 5.74) is 6.74. The third kappa shape index (κ3) is 6.92. The summed E-state index contributed by atoms with van der Waals surface area (Å²) in [5, 5.41) is 20.4. The minimum Gasteiger partial charge on any atom is -0.508 e. The van der Waals surface area contributed by atoms with E-state index in [9.17, 15) is 15.2 Å². The Morgan fingerprint density at radius 3 is 1.94 bits per heavy atom. The number of benzene rings is 3. The molecule has 0 spiro atoms. The molecule has 0 aliphatic rings. The van der Waals surface area contributed by atoms with Crippen LogP contribution in [0.3, 0.4) is 0 Å². The molecule has 0 bridgehead atoms. The van der Waals surface area contributed by atoms with Crippen LogP contribution in [0.25, 0.3) is 11.1 Å². The first-order valence-electron chi connectivity index (χ1n) is 11.0. The van der Waals surface area contributed by atoms with Crippen LogP contribution < -0.4 is 0 Å². The van der Waals surface area contributed by atoms with Gasteiger partial charge in [0.25, 0.3) is 5.69 Å². The SMILES string of the molecule is CCOCC.Cc1cc(C(C)Cc2ccc(O)cc2)ccc1-c1ccc([N+](=O)[O-])cc1C. The number of non-ortho nitro benzene ring substituents is 1. The third-order valence-electron chi connectivity index (χ3n) is 5.42. The van der Waals surface area contributed by atoms with Gasteiger partial charge in [-0.15, -0.1) is 0 Å². The molecule has 3 aromatic carbocycles. The van der Waals surface area contributed by atoms with Crippen molar-refractivity contribution in [2.45, 2.75) is 47.0 Å². The number of rotatable bonds is 7. The van der Waals surface area contributed by atoms with Gasteiger partial charge in [-0.2, -0.15) is 0 Å². The molecule has 0 radical (unpaired) electrons. The predicted octanol–water partition coefficient (Wildman–Crippen LogP) is 6.97. The highest BCUT2D eigenvalue weighted by Crippen LogP contribution is 2.32. The average molecular weight is 436 g/mol. The van der Waals surface area contributed by atoms with Gasteiger partial charge in [-0.1, -0.05) is 37.3 Å². The van der Waals surface area contributed by atoms with E-state index in [1.807, 2.05) is 39.0 Å². The maximum atomic E-state index is 10.9. The van der Waals surface area contributed by atoms with Gasteiger partial charge in [0, 0.05) is 25.3 Å². The van der Waals surface area contributed by atoms with Gasteiger partial charge >= 0.3 is 0 Å². The average Bonchev–Trinajstić information content (AvgIpc) is 2.76. The van der Waals surface area contributed by atoms with E-state index in [1.54, 1.807) is 24.3 Å². The molecule has 0 saturated carbocycles. The molecule has 0 saturated heterocycles. The molecule has 0 heterocycles.